The lowest BCUT2D eigenvalue weighted by molar-refractivity contribution is -0.130. The van der Waals surface area contributed by atoms with Gasteiger partial charge in [-0.2, -0.15) is 0 Å². The van der Waals surface area contributed by atoms with Gasteiger partial charge in [0, 0.05) is 26.1 Å². The highest BCUT2D eigenvalue weighted by Gasteiger charge is 2.33. The van der Waals surface area contributed by atoms with Gasteiger partial charge < -0.3 is 15.7 Å². The Hall–Kier alpha value is -0.610. The van der Waals surface area contributed by atoms with Gasteiger partial charge in [0.2, 0.25) is 5.91 Å². The zero-order valence-corrected chi connectivity index (χ0v) is 7.42. The Morgan fingerprint density at radius 1 is 1.75 bits per heavy atom. The summed E-state index contributed by atoms with van der Waals surface area (Å²) in [4.78, 5) is 12.9. The third-order valence-corrected chi connectivity index (χ3v) is 2.16. The van der Waals surface area contributed by atoms with E-state index in [0.29, 0.717) is 32.5 Å². The molecule has 1 rings (SSSR count). The van der Waals surface area contributed by atoms with E-state index in [1.165, 1.54) is 0 Å². The van der Waals surface area contributed by atoms with E-state index in [1.54, 1.807) is 11.8 Å². The molecule has 4 nitrogen and oxygen atoms in total. The monoisotopic (exact) mass is 172 g/mol. The minimum atomic E-state index is -0.690. The summed E-state index contributed by atoms with van der Waals surface area (Å²) in [7, 11) is 0. The molecule has 1 atom stereocenters. The second kappa shape index (κ2) is 3.41. The second-order valence-electron chi connectivity index (χ2n) is 3.60. The Morgan fingerprint density at radius 2 is 2.42 bits per heavy atom. The Labute approximate surface area is 72.3 Å². The molecule has 1 aliphatic heterocycles. The number of carbonyl (C=O) groups is 1. The van der Waals surface area contributed by atoms with E-state index >= 15 is 0 Å². The second-order valence-corrected chi connectivity index (χ2v) is 3.60. The first-order valence-corrected chi connectivity index (χ1v) is 4.25. The molecule has 1 unspecified atom stereocenters. The highest BCUT2D eigenvalue weighted by molar-refractivity contribution is 5.76. The first-order valence-electron chi connectivity index (χ1n) is 4.25. The van der Waals surface area contributed by atoms with E-state index in [-0.39, 0.29) is 5.91 Å². The Bertz CT molecular complexity index is 180. The standard InChI is InChI=1S/C8H16N2O2/c1-8(12)3-5-10(6-8)7(11)2-4-9/h12H,2-6,9H2,1H3. The normalized spacial score (nSPS) is 29.4. The molecular weight excluding hydrogens is 156 g/mol. The summed E-state index contributed by atoms with van der Waals surface area (Å²) < 4.78 is 0. The summed E-state index contributed by atoms with van der Waals surface area (Å²) in [5.41, 5.74) is 4.56. The molecule has 1 saturated heterocycles. The number of rotatable bonds is 2. The van der Waals surface area contributed by atoms with Crippen molar-refractivity contribution in [3.8, 4) is 0 Å². The molecule has 0 radical (unpaired) electrons. The van der Waals surface area contributed by atoms with Crippen LogP contribution in [0, 0.1) is 0 Å². The van der Waals surface area contributed by atoms with Crippen LogP contribution in [-0.4, -0.2) is 41.1 Å². The van der Waals surface area contributed by atoms with Crippen molar-refractivity contribution >= 4 is 5.91 Å². The predicted octanol–water partition coefficient (Wildman–Crippen LogP) is -0.681. The molecule has 1 amide bonds. The van der Waals surface area contributed by atoms with Gasteiger partial charge in [-0.3, -0.25) is 4.79 Å². The zero-order valence-electron chi connectivity index (χ0n) is 7.42. The molecule has 0 aliphatic carbocycles. The van der Waals surface area contributed by atoms with Crippen LogP contribution >= 0.6 is 0 Å². The van der Waals surface area contributed by atoms with Crippen LogP contribution < -0.4 is 5.73 Å². The van der Waals surface area contributed by atoms with E-state index in [2.05, 4.69) is 0 Å². The quantitative estimate of drug-likeness (QED) is 0.580. The van der Waals surface area contributed by atoms with Crippen LogP contribution in [0.25, 0.3) is 0 Å². The van der Waals surface area contributed by atoms with Crippen molar-refractivity contribution in [2.75, 3.05) is 19.6 Å². The van der Waals surface area contributed by atoms with E-state index in [9.17, 15) is 9.90 Å². The molecular formula is C8H16N2O2. The molecule has 1 fully saturated rings. The fourth-order valence-electron chi connectivity index (χ4n) is 1.44. The topological polar surface area (TPSA) is 66.6 Å². The molecule has 0 spiro atoms. The molecule has 1 heterocycles. The van der Waals surface area contributed by atoms with E-state index < -0.39 is 5.60 Å². The van der Waals surface area contributed by atoms with Crippen molar-refractivity contribution in [2.24, 2.45) is 5.73 Å². The lowest BCUT2D eigenvalue weighted by Crippen LogP contribution is -2.34. The summed E-state index contributed by atoms with van der Waals surface area (Å²) in [5.74, 6) is 0.0512. The van der Waals surface area contributed by atoms with Crippen LogP contribution in [0.1, 0.15) is 19.8 Å². The van der Waals surface area contributed by atoms with E-state index in [4.69, 9.17) is 5.73 Å². The average Bonchev–Trinajstić information content (AvgIpc) is 2.31. The first kappa shape index (κ1) is 9.48. The van der Waals surface area contributed by atoms with Crippen molar-refractivity contribution in [1.82, 2.24) is 4.90 Å². The minimum absolute atomic E-state index is 0.0512. The number of hydrogen-bond acceptors (Lipinski definition) is 3. The molecule has 1 aliphatic rings. The number of nitrogens with two attached hydrogens (primary N) is 1. The third kappa shape index (κ3) is 2.19. The van der Waals surface area contributed by atoms with Crippen molar-refractivity contribution in [2.45, 2.75) is 25.4 Å². The van der Waals surface area contributed by atoms with Gasteiger partial charge in [0.25, 0.3) is 0 Å². The molecule has 4 heteroatoms. The Balaban J connectivity index is 2.41. The zero-order chi connectivity index (χ0) is 9.19. The number of amides is 1. The summed E-state index contributed by atoms with van der Waals surface area (Å²) in [5, 5.41) is 9.56. The van der Waals surface area contributed by atoms with Gasteiger partial charge in [-0.05, 0) is 13.3 Å². The first-order chi connectivity index (χ1) is 5.55. The van der Waals surface area contributed by atoms with Gasteiger partial charge >= 0.3 is 0 Å². The SMILES string of the molecule is CC1(O)CCN(C(=O)CCN)C1. The smallest absolute Gasteiger partial charge is 0.223 e. The Morgan fingerprint density at radius 3 is 2.83 bits per heavy atom. The fourth-order valence-corrected chi connectivity index (χ4v) is 1.44. The van der Waals surface area contributed by atoms with Crippen molar-refractivity contribution in [1.29, 1.82) is 0 Å². The number of nitrogens with zero attached hydrogens (tertiary/aromatic N) is 1. The lowest BCUT2D eigenvalue weighted by Gasteiger charge is -2.18. The molecule has 0 aromatic heterocycles. The molecule has 3 N–H and O–H groups in total. The van der Waals surface area contributed by atoms with Gasteiger partial charge in [0.15, 0.2) is 0 Å². The lowest BCUT2D eigenvalue weighted by atomic mass is 10.1. The van der Waals surface area contributed by atoms with Gasteiger partial charge in [-0.15, -0.1) is 0 Å². The van der Waals surface area contributed by atoms with Gasteiger partial charge in [-0.1, -0.05) is 0 Å². The maximum Gasteiger partial charge on any atom is 0.223 e. The van der Waals surface area contributed by atoms with E-state index in [1.807, 2.05) is 0 Å². The number of aliphatic hydroxyl groups is 1. The molecule has 0 aromatic carbocycles. The number of carbonyl (C=O) groups excluding carboxylic acids is 1. The third-order valence-electron chi connectivity index (χ3n) is 2.16. The van der Waals surface area contributed by atoms with Crippen LogP contribution in [-0.2, 0) is 4.79 Å². The summed E-state index contributed by atoms with van der Waals surface area (Å²) in [6, 6.07) is 0. The molecule has 0 aromatic rings. The highest BCUT2D eigenvalue weighted by Crippen LogP contribution is 2.20. The van der Waals surface area contributed by atoms with Crippen molar-refractivity contribution in [3.05, 3.63) is 0 Å². The van der Waals surface area contributed by atoms with Gasteiger partial charge in [0.05, 0.1) is 5.60 Å². The maximum atomic E-state index is 11.3. The molecule has 0 bridgehead atoms. The number of likely N-dealkylation sites (tertiary alicyclic amines) is 1. The largest absolute Gasteiger partial charge is 0.388 e. The van der Waals surface area contributed by atoms with E-state index in [0.717, 1.165) is 0 Å². The minimum Gasteiger partial charge on any atom is -0.388 e. The van der Waals surface area contributed by atoms with Crippen LogP contribution in [0.2, 0.25) is 0 Å². The van der Waals surface area contributed by atoms with Crippen LogP contribution in [0.3, 0.4) is 0 Å². The number of hydrogen-bond donors (Lipinski definition) is 2. The van der Waals surface area contributed by atoms with Crippen LogP contribution in [0.4, 0.5) is 0 Å². The van der Waals surface area contributed by atoms with Gasteiger partial charge in [-0.25, -0.2) is 0 Å². The average molecular weight is 172 g/mol. The summed E-state index contributed by atoms with van der Waals surface area (Å²) >= 11 is 0. The van der Waals surface area contributed by atoms with Crippen LogP contribution in [0.15, 0.2) is 0 Å². The van der Waals surface area contributed by atoms with Crippen molar-refractivity contribution < 1.29 is 9.90 Å². The number of β-amino-alcohol motifs (C(OH)–C–C–N with tert-alkyl or cyclic N) is 1. The highest BCUT2D eigenvalue weighted by atomic mass is 16.3. The maximum absolute atomic E-state index is 11.3. The molecule has 12 heavy (non-hydrogen) atoms. The predicted molar refractivity (Wildman–Crippen MR) is 45.5 cm³/mol. The summed E-state index contributed by atoms with van der Waals surface area (Å²) in [6.45, 7) is 3.25. The van der Waals surface area contributed by atoms with Gasteiger partial charge in [0.1, 0.15) is 0 Å². The van der Waals surface area contributed by atoms with Crippen molar-refractivity contribution in [3.63, 3.8) is 0 Å². The summed E-state index contributed by atoms with van der Waals surface area (Å²) in [6.07, 6.45) is 1.05. The fraction of sp³-hybridized carbons (Fsp3) is 0.875. The molecule has 0 saturated carbocycles. The molecule has 70 valence electrons. The Kier molecular flexibility index (Phi) is 2.69. The van der Waals surface area contributed by atoms with Crippen LogP contribution in [0.5, 0.6) is 0 Å².